The molecule has 2 heterocycles. The molecule has 0 aliphatic carbocycles. The average molecular weight is 463 g/mol. The van der Waals surface area contributed by atoms with E-state index in [0.717, 1.165) is 12.1 Å². The largest absolute Gasteiger partial charge is 0.462 e. The summed E-state index contributed by atoms with van der Waals surface area (Å²) in [6.07, 6.45) is -15.7. The van der Waals surface area contributed by atoms with E-state index in [9.17, 15) is 45.9 Å². The fourth-order valence-corrected chi connectivity index (χ4v) is 3.43. The lowest BCUT2D eigenvalue weighted by Gasteiger charge is -2.45. The Labute approximate surface area is 180 Å². The highest BCUT2D eigenvalue weighted by atomic mass is 16.7. The minimum absolute atomic E-state index is 0.0804. The lowest BCUT2D eigenvalue weighted by atomic mass is 9.97. The topological polar surface area (TPSA) is 222 Å². The number of ether oxygens (including phenoxy) is 4. The summed E-state index contributed by atoms with van der Waals surface area (Å²) in [5.41, 5.74) is -0.191. The number of nitro benzene ring substituents is 1. The van der Waals surface area contributed by atoms with Crippen LogP contribution >= 0.6 is 0 Å². The van der Waals surface area contributed by atoms with Gasteiger partial charge < -0.3 is 54.7 Å². The molecule has 14 heteroatoms. The van der Waals surface area contributed by atoms with Gasteiger partial charge >= 0.3 is 0 Å². The maximum Gasteiger partial charge on any atom is 0.269 e. The molecule has 2 aliphatic heterocycles. The van der Waals surface area contributed by atoms with Crippen molar-refractivity contribution in [2.75, 3.05) is 13.2 Å². The van der Waals surface area contributed by atoms with Crippen molar-refractivity contribution in [1.29, 1.82) is 0 Å². The monoisotopic (exact) mass is 463 g/mol. The summed E-state index contributed by atoms with van der Waals surface area (Å²) in [5.74, 6) is 0.0804. The Bertz CT molecular complexity index is 760. The molecule has 1 aromatic carbocycles. The van der Waals surface area contributed by atoms with Crippen molar-refractivity contribution in [2.45, 2.75) is 61.4 Å². The van der Waals surface area contributed by atoms with Gasteiger partial charge in [-0.15, -0.1) is 0 Å². The predicted octanol–water partition coefficient (Wildman–Crippen LogP) is -3.40. The van der Waals surface area contributed by atoms with Gasteiger partial charge in [0.1, 0.15) is 54.6 Å². The summed E-state index contributed by atoms with van der Waals surface area (Å²) < 4.78 is 21.5. The number of hydrogen-bond donors (Lipinski definition) is 7. The van der Waals surface area contributed by atoms with Gasteiger partial charge in [-0.05, 0) is 12.1 Å². The van der Waals surface area contributed by atoms with Gasteiger partial charge in [-0.3, -0.25) is 10.1 Å². The van der Waals surface area contributed by atoms with Crippen LogP contribution in [0, 0.1) is 10.1 Å². The third-order valence-corrected chi connectivity index (χ3v) is 5.26. The van der Waals surface area contributed by atoms with Gasteiger partial charge in [-0.25, -0.2) is 0 Å². The van der Waals surface area contributed by atoms with Crippen molar-refractivity contribution in [3.63, 3.8) is 0 Å². The highest BCUT2D eigenvalue weighted by Gasteiger charge is 2.51. The molecule has 2 aliphatic rings. The van der Waals surface area contributed by atoms with Crippen LogP contribution < -0.4 is 4.74 Å². The molecule has 0 spiro atoms. The molecule has 2 saturated heterocycles. The molecule has 0 saturated carbocycles. The van der Waals surface area contributed by atoms with E-state index in [2.05, 4.69) is 0 Å². The molecule has 2 fully saturated rings. The van der Waals surface area contributed by atoms with Crippen LogP contribution in [0.3, 0.4) is 0 Å². The SMILES string of the molecule is O=[N+]([O-])c1ccc(O[C@H]2O[C@H](CO)[C@H](O[C@@H]3O[C@H](CO)[C@H](O)[C@H](O)[C@H]3O)[C@H](O)[C@H]2O)cc1. The highest BCUT2D eigenvalue weighted by molar-refractivity contribution is 5.36. The van der Waals surface area contributed by atoms with Crippen LogP contribution in [0.1, 0.15) is 0 Å². The fourth-order valence-electron chi connectivity index (χ4n) is 3.43. The summed E-state index contributed by atoms with van der Waals surface area (Å²) in [6, 6.07) is 4.83. The molecule has 10 atom stereocenters. The first-order valence-corrected chi connectivity index (χ1v) is 9.67. The van der Waals surface area contributed by atoms with E-state index in [-0.39, 0.29) is 11.4 Å². The van der Waals surface area contributed by atoms with Crippen LogP contribution in [0.5, 0.6) is 5.75 Å². The quantitative estimate of drug-likeness (QED) is 0.155. The maximum absolute atomic E-state index is 10.7. The summed E-state index contributed by atoms with van der Waals surface area (Å²) >= 11 is 0. The van der Waals surface area contributed by atoms with Crippen LogP contribution in [-0.4, -0.2) is 115 Å². The first-order chi connectivity index (χ1) is 15.2. The Morgan fingerprint density at radius 2 is 1.38 bits per heavy atom. The Balaban J connectivity index is 1.70. The normalized spacial score (nSPS) is 40.1. The zero-order chi connectivity index (χ0) is 23.6. The lowest BCUT2D eigenvalue weighted by Crippen LogP contribution is -2.65. The zero-order valence-corrected chi connectivity index (χ0v) is 16.5. The molecule has 1 aromatic rings. The maximum atomic E-state index is 10.7. The highest BCUT2D eigenvalue weighted by Crippen LogP contribution is 2.30. The van der Waals surface area contributed by atoms with E-state index in [4.69, 9.17) is 18.9 Å². The molecule has 7 N–H and O–H groups in total. The van der Waals surface area contributed by atoms with Gasteiger partial charge in [0.25, 0.3) is 5.69 Å². The Hall–Kier alpha value is -1.98. The molecule has 3 rings (SSSR count). The van der Waals surface area contributed by atoms with Crippen LogP contribution in [-0.2, 0) is 14.2 Å². The molecule has 14 nitrogen and oxygen atoms in total. The average Bonchev–Trinajstić information content (AvgIpc) is 2.79. The Morgan fingerprint density at radius 1 is 0.812 bits per heavy atom. The third kappa shape index (κ3) is 4.99. The van der Waals surface area contributed by atoms with Crippen molar-refractivity contribution >= 4 is 5.69 Å². The molecular formula is C18H25NO13. The summed E-state index contributed by atoms with van der Waals surface area (Å²) in [5, 5.41) is 80.4. The number of aliphatic hydroxyl groups is 7. The van der Waals surface area contributed by atoms with E-state index in [1.807, 2.05) is 0 Å². The number of rotatable bonds is 7. The van der Waals surface area contributed by atoms with E-state index in [1.54, 1.807) is 0 Å². The molecule has 0 radical (unpaired) electrons. The van der Waals surface area contributed by atoms with Crippen LogP contribution in [0.4, 0.5) is 5.69 Å². The molecule has 0 unspecified atom stereocenters. The minimum atomic E-state index is -1.77. The number of non-ortho nitro benzene ring substituents is 1. The van der Waals surface area contributed by atoms with Gasteiger partial charge in [0.2, 0.25) is 6.29 Å². The number of benzene rings is 1. The second-order valence-corrected chi connectivity index (χ2v) is 7.37. The molecule has 0 bridgehead atoms. The summed E-state index contributed by atoms with van der Waals surface area (Å²) in [4.78, 5) is 10.1. The smallest absolute Gasteiger partial charge is 0.269 e. The Morgan fingerprint density at radius 3 is 1.94 bits per heavy atom. The molecule has 180 valence electrons. The second kappa shape index (κ2) is 10.3. The number of nitrogens with zero attached hydrogens (tertiary/aromatic N) is 1. The second-order valence-electron chi connectivity index (χ2n) is 7.37. The third-order valence-electron chi connectivity index (χ3n) is 5.26. The first-order valence-electron chi connectivity index (χ1n) is 9.67. The fraction of sp³-hybridized carbons (Fsp3) is 0.667. The standard InChI is InChI=1S/C18H25NO13/c20-5-9-11(22)12(23)14(25)18(30-9)32-16-10(6-21)31-17(15(26)13(16)24)29-8-3-1-7(2-4-8)19(27)28/h1-4,9-18,20-26H,5-6H2/t9-,10-,11+,12+,13-,14-,15-,16+,17+,18+/m1/s1. The van der Waals surface area contributed by atoms with Gasteiger partial charge in [0.15, 0.2) is 6.29 Å². The predicted molar refractivity (Wildman–Crippen MR) is 100 cm³/mol. The first kappa shape index (κ1) is 24.7. The number of nitro groups is 1. The molecular weight excluding hydrogens is 438 g/mol. The van der Waals surface area contributed by atoms with E-state index >= 15 is 0 Å². The Kier molecular flexibility index (Phi) is 7.94. The van der Waals surface area contributed by atoms with Gasteiger partial charge in [0, 0.05) is 12.1 Å². The van der Waals surface area contributed by atoms with Gasteiger partial charge in [-0.1, -0.05) is 0 Å². The number of aliphatic hydroxyl groups excluding tert-OH is 7. The van der Waals surface area contributed by atoms with Gasteiger partial charge in [-0.2, -0.15) is 0 Å². The van der Waals surface area contributed by atoms with Crippen molar-refractivity contribution in [2.24, 2.45) is 0 Å². The molecule has 0 amide bonds. The van der Waals surface area contributed by atoms with Crippen molar-refractivity contribution in [1.82, 2.24) is 0 Å². The van der Waals surface area contributed by atoms with Crippen molar-refractivity contribution < 1.29 is 59.6 Å². The van der Waals surface area contributed by atoms with Crippen LogP contribution in [0.15, 0.2) is 24.3 Å². The number of hydrogen-bond acceptors (Lipinski definition) is 13. The van der Waals surface area contributed by atoms with E-state index < -0.39 is 79.5 Å². The molecule has 0 aromatic heterocycles. The zero-order valence-electron chi connectivity index (χ0n) is 16.5. The van der Waals surface area contributed by atoms with Crippen LogP contribution in [0.25, 0.3) is 0 Å². The molecule has 32 heavy (non-hydrogen) atoms. The van der Waals surface area contributed by atoms with Crippen LogP contribution in [0.2, 0.25) is 0 Å². The van der Waals surface area contributed by atoms with Crippen molar-refractivity contribution in [3.8, 4) is 5.75 Å². The minimum Gasteiger partial charge on any atom is -0.462 e. The summed E-state index contributed by atoms with van der Waals surface area (Å²) in [6.45, 7) is -1.42. The van der Waals surface area contributed by atoms with Gasteiger partial charge in [0.05, 0.1) is 18.1 Å². The van der Waals surface area contributed by atoms with E-state index in [0.29, 0.717) is 0 Å². The van der Waals surface area contributed by atoms with E-state index in [1.165, 1.54) is 12.1 Å². The van der Waals surface area contributed by atoms with Crippen molar-refractivity contribution in [3.05, 3.63) is 34.4 Å². The lowest BCUT2D eigenvalue weighted by molar-refractivity contribution is -0.384. The summed E-state index contributed by atoms with van der Waals surface area (Å²) in [7, 11) is 0.